The molecule has 1 heterocycles. The number of pyridine rings is 1. The Bertz CT molecular complexity index is 788. The van der Waals surface area contributed by atoms with Gasteiger partial charge in [-0.25, -0.2) is 18.2 Å². The van der Waals surface area contributed by atoms with Crippen LogP contribution in [0.1, 0.15) is 15.9 Å². The lowest BCUT2D eigenvalue weighted by Crippen LogP contribution is -2.16. The van der Waals surface area contributed by atoms with Gasteiger partial charge in [0.15, 0.2) is 0 Å². The predicted molar refractivity (Wildman–Crippen MR) is 78.2 cm³/mol. The molecule has 0 radical (unpaired) electrons. The van der Waals surface area contributed by atoms with Crippen LogP contribution in [0, 0.1) is 6.92 Å². The molecule has 0 fully saturated rings. The molecule has 8 heteroatoms. The maximum Gasteiger partial charge on any atom is 0.337 e. The molecule has 0 bridgehead atoms. The van der Waals surface area contributed by atoms with Crippen molar-refractivity contribution < 1.29 is 18.3 Å². The number of rotatable bonds is 4. The Morgan fingerprint density at radius 2 is 2.00 bits per heavy atom. The van der Waals surface area contributed by atoms with Gasteiger partial charge in [0.2, 0.25) is 0 Å². The fourth-order valence-corrected chi connectivity index (χ4v) is 2.78. The molecule has 110 valence electrons. The molecule has 0 saturated heterocycles. The lowest BCUT2D eigenvalue weighted by molar-refractivity contribution is 0.0698. The summed E-state index contributed by atoms with van der Waals surface area (Å²) in [7, 11) is -3.93. The molecule has 0 atom stereocenters. The number of benzene rings is 1. The zero-order valence-corrected chi connectivity index (χ0v) is 12.4. The van der Waals surface area contributed by atoms with Gasteiger partial charge in [0.05, 0.1) is 11.3 Å². The Labute approximate surface area is 126 Å². The van der Waals surface area contributed by atoms with Crippen LogP contribution in [0.5, 0.6) is 0 Å². The van der Waals surface area contributed by atoms with Crippen LogP contribution < -0.4 is 4.72 Å². The minimum absolute atomic E-state index is 0.0111. The molecule has 0 saturated carbocycles. The average Bonchev–Trinajstić information content (AvgIpc) is 2.41. The van der Waals surface area contributed by atoms with Gasteiger partial charge in [-0.15, -0.1) is 0 Å². The van der Waals surface area contributed by atoms with Crippen LogP contribution in [0.15, 0.2) is 41.4 Å². The Hall–Kier alpha value is -2.12. The molecule has 2 rings (SSSR count). The van der Waals surface area contributed by atoms with Gasteiger partial charge in [-0.2, -0.15) is 0 Å². The highest BCUT2D eigenvalue weighted by atomic mass is 35.5. The molecule has 2 aromatic rings. The SMILES string of the molecule is Cc1ccc(NS(=O)(=O)c2ccc(Cl)nc2)c(C(=O)O)c1. The molecule has 0 amide bonds. The summed E-state index contributed by atoms with van der Waals surface area (Å²) in [4.78, 5) is 14.8. The summed E-state index contributed by atoms with van der Waals surface area (Å²) in [6.45, 7) is 1.72. The van der Waals surface area contributed by atoms with Crippen molar-refractivity contribution in [1.29, 1.82) is 0 Å². The third-order valence-corrected chi connectivity index (χ3v) is 4.23. The maximum absolute atomic E-state index is 12.2. The first kappa shape index (κ1) is 15.3. The minimum atomic E-state index is -3.93. The highest BCUT2D eigenvalue weighted by molar-refractivity contribution is 7.92. The number of carboxylic acids is 1. The summed E-state index contributed by atoms with van der Waals surface area (Å²) in [5.41, 5.74) is 0.576. The van der Waals surface area contributed by atoms with Crippen molar-refractivity contribution in [2.45, 2.75) is 11.8 Å². The van der Waals surface area contributed by atoms with E-state index in [1.807, 2.05) is 0 Å². The Kier molecular flexibility index (Phi) is 4.15. The van der Waals surface area contributed by atoms with Crippen molar-refractivity contribution in [3.8, 4) is 0 Å². The predicted octanol–water partition coefficient (Wildman–Crippen LogP) is 2.54. The quantitative estimate of drug-likeness (QED) is 0.842. The summed E-state index contributed by atoms with van der Waals surface area (Å²) in [5, 5.41) is 9.29. The second-order valence-electron chi connectivity index (χ2n) is 4.28. The topological polar surface area (TPSA) is 96.4 Å². The lowest BCUT2D eigenvalue weighted by atomic mass is 10.1. The van der Waals surface area contributed by atoms with Crippen molar-refractivity contribution in [1.82, 2.24) is 4.98 Å². The highest BCUT2D eigenvalue weighted by Crippen LogP contribution is 2.21. The van der Waals surface area contributed by atoms with Crippen LogP contribution in [0.4, 0.5) is 5.69 Å². The van der Waals surface area contributed by atoms with Crippen LogP contribution in [0.25, 0.3) is 0 Å². The van der Waals surface area contributed by atoms with Crippen molar-refractivity contribution in [3.63, 3.8) is 0 Å². The summed E-state index contributed by atoms with van der Waals surface area (Å²) in [6, 6.07) is 7.03. The normalized spacial score (nSPS) is 11.1. The van der Waals surface area contributed by atoms with E-state index in [9.17, 15) is 13.2 Å². The van der Waals surface area contributed by atoms with E-state index in [0.717, 1.165) is 6.20 Å². The third kappa shape index (κ3) is 3.50. The van der Waals surface area contributed by atoms with Gasteiger partial charge in [-0.05, 0) is 31.2 Å². The number of halogens is 1. The van der Waals surface area contributed by atoms with Gasteiger partial charge in [0.1, 0.15) is 10.0 Å². The number of hydrogen-bond acceptors (Lipinski definition) is 4. The fourth-order valence-electron chi connectivity index (χ4n) is 1.65. The number of nitrogens with zero attached hydrogens (tertiary/aromatic N) is 1. The summed E-state index contributed by atoms with van der Waals surface area (Å²) < 4.78 is 26.6. The molecule has 0 aliphatic rings. The molecule has 0 aliphatic heterocycles. The molecule has 1 aromatic carbocycles. The van der Waals surface area contributed by atoms with E-state index in [-0.39, 0.29) is 21.3 Å². The first-order chi connectivity index (χ1) is 9.79. The molecular weight excluding hydrogens is 316 g/mol. The smallest absolute Gasteiger partial charge is 0.337 e. The van der Waals surface area contributed by atoms with Crippen molar-refractivity contribution in [2.24, 2.45) is 0 Å². The summed E-state index contributed by atoms with van der Waals surface area (Å²) in [6.07, 6.45) is 1.10. The van der Waals surface area contributed by atoms with E-state index < -0.39 is 16.0 Å². The zero-order chi connectivity index (χ0) is 15.6. The Balaban J connectivity index is 2.41. The number of carbonyl (C=O) groups is 1. The van der Waals surface area contributed by atoms with E-state index in [1.165, 1.54) is 24.3 Å². The molecule has 0 spiro atoms. The number of aromatic nitrogens is 1. The van der Waals surface area contributed by atoms with Gasteiger partial charge in [-0.3, -0.25) is 4.72 Å². The Morgan fingerprint density at radius 1 is 1.29 bits per heavy atom. The molecule has 1 aromatic heterocycles. The van der Waals surface area contributed by atoms with Crippen LogP contribution in [-0.4, -0.2) is 24.5 Å². The second-order valence-corrected chi connectivity index (χ2v) is 6.35. The fraction of sp³-hybridized carbons (Fsp3) is 0.0769. The van der Waals surface area contributed by atoms with Crippen molar-refractivity contribution >= 4 is 33.3 Å². The van der Waals surface area contributed by atoms with Gasteiger partial charge < -0.3 is 5.11 Å². The van der Waals surface area contributed by atoms with Gasteiger partial charge in [0.25, 0.3) is 10.0 Å². The Morgan fingerprint density at radius 3 is 2.57 bits per heavy atom. The van der Waals surface area contributed by atoms with E-state index >= 15 is 0 Å². The monoisotopic (exact) mass is 326 g/mol. The second kappa shape index (κ2) is 5.71. The van der Waals surface area contributed by atoms with E-state index in [1.54, 1.807) is 13.0 Å². The van der Waals surface area contributed by atoms with Crippen LogP contribution in [0.2, 0.25) is 5.15 Å². The van der Waals surface area contributed by atoms with E-state index in [2.05, 4.69) is 9.71 Å². The highest BCUT2D eigenvalue weighted by Gasteiger charge is 2.19. The summed E-state index contributed by atoms with van der Waals surface area (Å²) in [5.74, 6) is -1.22. The maximum atomic E-state index is 12.2. The zero-order valence-electron chi connectivity index (χ0n) is 10.9. The first-order valence-electron chi connectivity index (χ1n) is 5.78. The number of aryl methyl sites for hydroxylation is 1. The van der Waals surface area contributed by atoms with Crippen LogP contribution in [0.3, 0.4) is 0 Å². The molecular formula is C13H11ClN2O4S. The number of sulfonamides is 1. The lowest BCUT2D eigenvalue weighted by Gasteiger charge is -2.11. The molecule has 21 heavy (non-hydrogen) atoms. The molecule has 0 unspecified atom stereocenters. The van der Waals surface area contributed by atoms with Crippen LogP contribution in [-0.2, 0) is 10.0 Å². The molecule has 0 aliphatic carbocycles. The number of nitrogens with one attached hydrogen (secondary N) is 1. The van der Waals surface area contributed by atoms with Crippen molar-refractivity contribution in [2.75, 3.05) is 4.72 Å². The number of aromatic carboxylic acids is 1. The van der Waals surface area contributed by atoms with Gasteiger partial charge >= 0.3 is 5.97 Å². The minimum Gasteiger partial charge on any atom is -0.478 e. The third-order valence-electron chi connectivity index (χ3n) is 2.66. The molecule has 2 N–H and O–H groups in total. The standard InChI is InChI=1S/C13H11ClN2O4S/c1-8-2-4-11(10(6-8)13(17)18)16-21(19,20)9-3-5-12(14)15-7-9/h2-7,16H,1H3,(H,17,18). The molecule has 6 nitrogen and oxygen atoms in total. The van der Waals surface area contributed by atoms with Crippen LogP contribution >= 0.6 is 11.6 Å². The van der Waals surface area contributed by atoms with E-state index in [4.69, 9.17) is 16.7 Å². The summed E-state index contributed by atoms with van der Waals surface area (Å²) >= 11 is 5.60. The first-order valence-corrected chi connectivity index (χ1v) is 7.64. The largest absolute Gasteiger partial charge is 0.478 e. The van der Waals surface area contributed by atoms with Crippen molar-refractivity contribution in [3.05, 3.63) is 52.8 Å². The van der Waals surface area contributed by atoms with Gasteiger partial charge in [0, 0.05) is 6.20 Å². The number of carboxylic acid groups (broad SMARTS) is 1. The number of hydrogen-bond donors (Lipinski definition) is 2. The average molecular weight is 327 g/mol. The van der Waals surface area contributed by atoms with E-state index in [0.29, 0.717) is 5.56 Å². The van der Waals surface area contributed by atoms with Gasteiger partial charge in [-0.1, -0.05) is 23.2 Å². The number of anilines is 1.